The molecule has 0 saturated heterocycles. The number of aliphatic hydroxyl groups is 1. The Balaban J connectivity index is 2.43. The van der Waals surface area contributed by atoms with E-state index in [2.05, 4.69) is 20.6 Å². The van der Waals surface area contributed by atoms with Crippen molar-refractivity contribution in [1.29, 1.82) is 0 Å². The zero-order valence-electron chi connectivity index (χ0n) is 7.15. The normalized spacial score (nSPS) is 26.4. The van der Waals surface area contributed by atoms with Gasteiger partial charge in [0.1, 0.15) is 12.0 Å². The molecule has 6 nitrogen and oxygen atoms in total. The SMILES string of the molecule is Cc1cnc2c(n1)NC(N)NC2O. The standard InChI is InChI=1S/C7H11N5O/c1-3-2-9-4-5(10-3)11-7(8)12-6(4)13/h2,6-7,12-13H,8H2,1H3,(H,10,11). The highest BCUT2D eigenvalue weighted by Gasteiger charge is 2.23. The molecule has 2 heterocycles. The van der Waals surface area contributed by atoms with Gasteiger partial charge in [0.2, 0.25) is 0 Å². The molecule has 1 aromatic rings. The van der Waals surface area contributed by atoms with E-state index in [9.17, 15) is 5.11 Å². The van der Waals surface area contributed by atoms with E-state index in [4.69, 9.17) is 5.73 Å². The van der Waals surface area contributed by atoms with Crippen molar-refractivity contribution >= 4 is 5.82 Å². The maximum atomic E-state index is 9.49. The largest absolute Gasteiger partial charge is 0.372 e. The van der Waals surface area contributed by atoms with Gasteiger partial charge in [0.15, 0.2) is 12.0 Å². The molecule has 0 saturated carbocycles. The van der Waals surface area contributed by atoms with Crippen LogP contribution in [-0.2, 0) is 0 Å². The summed E-state index contributed by atoms with van der Waals surface area (Å²) in [6.45, 7) is 1.83. The Labute approximate surface area is 75.2 Å². The van der Waals surface area contributed by atoms with Crippen LogP contribution in [-0.4, -0.2) is 21.4 Å². The summed E-state index contributed by atoms with van der Waals surface area (Å²) >= 11 is 0. The van der Waals surface area contributed by atoms with Gasteiger partial charge in [0.25, 0.3) is 0 Å². The summed E-state index contributed by atoms with van der Waals surface area (Å²) in [6, 6.07) is 0. The second kappa shape index (κ2) is 2.91. The molecule has 0 fully saturated rings. The summed E-state index contributed by atoms with van der Waals surface area (Å²) in [5.41, 5.74) is 6.80. The zero-order chi connectivity index (χ0) is 9.42. The summed E-state index contributed by atoms with van der Waals surface area (Å²) in [4.78, 5) is 8.20. The molecule has 2 unspecified atom stereocenters. The van der Waals surface area contributed by atoms with Crippen LogP contribution in [0, 0.1) is 6.92 Å². The first-order valence-electron chi connectivity index (χ1n) is 3.96. The molecule has 1 aliphatic heterocycles. The van der Waals surface area contributed by atoms with Crippen molar-refractivity contribution in [2.45, 2.75) is 19.4 Å². The number of aryl methyl sites for hydroxylation is 1. The molecule has 70 valence electrons. The van der Waals surface area contributed by atoms with Crippen molar-refractivity contribution in [2.75, 3.05) is 5.32 Å². The Bertz CT molecular complexity index is 329. The third-order valence-electron chi connectivity index (χ3n) is 1.81. The second-order valence-electron chi connectivity index (χ2n) is 2.94. The van der Waals surface area contributed by atoms with Crippen LogP contribution < -0.4 is 16.4 Å². The van der Waals surface area contributed by atoms with Crippen LogP contribution in [0.4, 0.5) is 5.82 Å². The van der Waals surface area contributed by atoms with Crippen LogP contribution in [0.2, 0.25) is 0 Å². The fraction of sp³-hybridized carbons (Fsp3) is 0.429. The lowest BCUT2D eigenvalue weighted by atomic mass is 10.3. The molecule has 2 atom stereocenters. The Morgan fingerprint density at radius 2 is 2.38 bits per heavy atom. The van der Waals surface area contributed by atoms with Gasteiger partial charge in [0.05, 0.1) is 5.69 Å². The predicted molar refractivity (Wildman–Crippen MR) is 46.5 cm³/mol. The number of nitrogens with two attached hydrogens (primary N) is 1. The van der Waals surface area contributed by atoms with Crippen LogP contribution >= 0.6 is 0 Å². The number of nitrogens with one attached hydrogen (secondary N) is 2. The van der Waals surface area contributed by atoms with Crippen molar-refractivity contribution in [2.24, 2.45) is 5.73 Å². The van der Waals surface area contributed by atoms with E-state index in [1.54, 1.807) is 6.20 Å². The van der Waals surface area contributed by atoms with E-state index >= 15 is 0 Å². The monoisotopic (exact) mass is 181 g/mol. The van der Waals surface area contributed by atoms with E-state index in [0.717, 1.165) is 5.69 Å². The molecule has 0 aromatic carbocycles. The number of rotatable bonds is 0. The molecule has 0 aliphatic carbocycles. The molecule has 0 bridgehead atoms. The first-order valence-corrected chi connectivity index (χ1v) is 3.96. The highest BCUT2D eigenvalue weighted by atomic mass is 16.3. The topological polar surface area (TPSA) is 96.1 Å². The fourth-order valence-corrected chi connectivity index (χ4v) is 1.23. The van der Waals surface area contributed by atoms with E-state index in [-0.39, 0.29) is 0 Å². The molecule has 1 aliphatic rings. The van der Waals surface area contributed by atoms with Crippen LogP contribution in [0.3, 0.4) is 0 Å². The average molecular weight is 181 g/mol. The maximum absolute atomic E-state index is 9.49. The number of hydrogen-bond acceptors (Lipinski definition) is 6. The van der Waals surface area contributed by atoms with Gasteiger partial charge in [-0.25, -0.2) is 4.98 Å². The third kappa shape index (κ3) is 1.46. The Hall–Kier alpha value is -1.24. The van der Waals surface area contributed by atoms with Crippen molar-refractivity contribution in [3.05, 3.63) is 17.6 Å². The van der Waals surface area contributed by atoms with Crippen LogP contribution in [0.1, 0.15) is 17.6 Å². The summed E-state index contributed by atoms with van der Waals surface area (Å²) in [6.07, 6.45) is 0.264. The van der Waals surface area contributed by atoms with Crippen molar-refractivity contribution in [1.82, 2.24) is 15.3 Å². The summed E-state index contributed by atoms with van der Waals surface area (Å²) < 4.78 is 0. The van der Waals surface area contributed by atoms with Crippen molar-refractivity contribution in [3.8, 4) is 0 Å². The van der Waals surface area contributed by atoms with E-state index in [0.29, 0.717) is 11.5 Å². The van der Waals surface area contributed by atoms with E-state index in [1.807, 2.05) is 6.92 Å². The first-order chi connectivity index (χ1) is 6.16. The van der Waals surface area contributed by atoms with Gasteiger partial charge in [-0.3, -0.25) is 16.0 Å². The lowest BCUT2D eigenvalue weighted by Crippen LogP contribution is -2.49. The molecule has 1 aromatic heterocycles. The van der Waals surface area contributed by atoms with Crippen LogP contribution in [0.5, 0.6) is 0 Å². The second-order valence-corrected chi connectivity index (χ2v) is 2.94. The Morgan fingerprint density at radius 3 is 3.15 bits per heavy atom. The van der Waals surface area contributed by atoms with Gasteiger partial charge in [0, 0.05) is 6.20 Å². The van der Waals surface area contributed by atoms with Crippen LogP contribution in [0.25, 0.3) is 0 Å². The molecule has 0 amide bonds. The van der Waals surface area contributed by atoms with Gasteiger partial charge in [-0.15, -0.1) is 0 Å². The van der Waals surface area contributed by atoms with Gasteiger partial charge in [-0.05, 0) is 6.92 Å². The first kappa shape index (κ1) is 8.36. The molecule has 13 heavy (non-hydrogen) atoms. The molecule has 2 rings (SSSR count). The minimum atomic E-state index is -0.848. The Kier molecular flexibility index (Phi) is 1.87. The quantitative estimate of drug-likeness (QED) is 0.411. The summed E-state index contributed by atoms with van der Waals surface area (Å²) in [5, 5.41) is 15.0. The zero-order valence-corrected chi connectivity index (χ0v) is 7.15. The molecule has 5 N–H and O–H groups in total. The summed E-state index contributed by atoms with van der Waals surface area (Å²) in [5.74, 6) is 0.541. The van der Waals surface area contributed by atoms with E-state index in [1.165, 1.54) is 0 Å². The smallest absolute Gasteiger partial charge is 0.154 e. The third-order valence-corrected chi connectivity index (χ3v) is 1.81. The highest BCUT2D eigenvalue weighted by molar-refractivity contribution is 5.44. The Morgan fingerprint density at radius 1 is 1.62 bits per heavy atom. The van der Waals surface area contributed by atoms with Crippen LogP contribution in [0.15, 0.2) is 6.20 Å². The number of aliphatic hydroxyl groups excluding tert-OH is 1. The molecular formula is C7H11N5O. The maximum Gasteiger partial charge on any atom is 0.154 e. The van der Waals surface area contributed by atoms with Gasteiger partial charge < -0.3 is 10.4 Å². The molecule has 6 heteroatoms. The number of fused-ring (bicyclic) bond motifs is 1. The predicted octanol–water partition coefficient (Wildman–Crippen LogP) is -0.967. The number of nitrogens with zero attached hydrogens (tertiary/aromatic N) is 2. The van der Waals surface area contributed by atoms with Gasteiger partial charge >= 0.3 is 0 Å². The lowest BCUT2D eigenvalue weighted by Gasteiger charge is -2.27. The average Bonchev–Trinajstić information content (AvgIpc) is 2.02. The molecule has 0 radical (unpaired) electrons. The van der Waals surface area contributed by atoms with Gasteiger partial charge in [-0.2, -0.15) is 0 Å². The van der Waals surface area contributed by atoms with Crippen molar-refractivity contribution in [3.63, 3.8) is 0 Å². The highest BCUT2D eigenvalue weighted by Crippen LogP contribution is 2.20. The van der Waals surface area contributed by atoms with Crippen molar-refractivity contribution < 1.29 is 5.11 Å². The molecular weight excluding hydrogens is 170 g/mol. The minimum Gasteiger partial charge on any atom is -0.372 e. The van der Waals surface area contributed by atoms with E-state index < -0.39 is 12.5 Å². The number of anilines is 1. The number of hydrogen-bond donors (Lipinski definition) is 4. The van der Waals surface area contributed by atoms with Gasteiger partial charge in [-0.1, -0.05) is 0 Å². The molecule has 0 spiro atoms. The lowest BCUT2D eigenvalue weighted by molar-refractivity contribution is 0.118. The minimum absolute atomic E-state index is 0.479. The fourth-order valence-electron chi connectivity index (χ4n) is 1.23. The summed E-state index contributed by atoms with van der Waals surface area (Å²) in [7, 11) is 0. The number of aromatic nitrogens is 2.